The molecular formula is C13H22N2O4. The smallest absolute Gasteiger partial charge is 0.273 e. The van der Waals surface area contributed by atoms with Gasteiger partial charge in [0.15, 0.2) is 11.5 Å². The zero-order valence-corrected chi connectivity index (χ0v) is 11.7. The van der Waals surface area contributed by atoms with Crippen molar-refractivity contribution in [3.05, 3.63) is 17.5 Å². The summed E-state index contributed by atoms with van der Waals surface area (Å²) < 4.78 is 9.80. The maximum absolute atomic E-state index is 11.8. The number of rotatable bonds is 8. The first kappa shape index (κ1) is 15.7. The van der Waals surface area contributed by atoms with Gasteiger partial charge in [0, 0.05) is 19.7 Å². The number of carbonyl (C=O) groups excluding carboxylic acids is 1. The number of nitrogens with zero attached hydrogens (tertiary/aromatic N) is 1. The lowest BCUT2D eigenvalue weighted by molar-refractivity contribution is 0.0809. The van der Waals surface area contributed by atoms with Crippen molar-refractivity contribution >= 4 is 5.91 Å². The van der Waals surface area contributed by atoms with E-state index in [1.54, 1.807) is 0 Å². The van der Waals surface area contributed by atoms with E-state index in [2.05, 4.69) is 10.5 Å². The molecule has 0 aliphatic rings. The van der Waals surface area contributed by atoms with E-state index in [0.717, 1.165) is 12.8 Å². The molecule has 0 radical (unpaired) electrons. The molecule has 0 fully saturated rings. The molecule has 0 spiro atoms. The van der Waals surface area contributed by atoms with Crippen molar-refractivity contribution in [2.45, 2.75) is 39.4 Å². The Morgan fingerprint density at radius 2 is 2.21 bits per heavy atom. The largest absolute Gasteiger partial charge is 0.391 e. The number of methoxy groups -OCH3 is 1. The number of nitrogens with one attached hydrogen (secondary N) is 1. The fourth-order valence-electron chi connectivity index (χ4n) is 1.92. The lowest BCUT2D eigenvalue weighted by atomic mass is 9.96. The van der Waals surface area contributed by atoms with Gasteiger partial charge in [0.2, 0.25) is 0 Å². The zero-order chi connectivity index (χ0) is 14.3. The number of hydrogen-bond donors (Lipinski definition) is 2. The first-order valence-corrected chi connectivity index (χ1v) is 6.53. The Labute approximate surface area is 113 Å². The molecule has 6 nitrogen and oxygen atoms in total. The second-order valence-corrected chi connectivity index (χ2v) is 4.47. The normalized spacial score (nSPS) is 12.7. The van der Waals surface area contributed by atoms with Crippen LogP contribution in [0.15, 0.2) is 10.6 Å². The standard InChI is InChI=1S/C13H22N2O4/c1-4-9(5-2)12(16)7-14-13(17)11-6-10(8-18-3)19-15-11/h6,9,12,16H,4-5,7-8H2,1-3H3,(H,14,17). The number of amides is 1. The van der Waals surface area contributed by atoms with Crippen LogP contribution in [0.2, 0.25) is 0 Å². The van der Waals surface area contributed by atoms with Crippen LogP contribution in [0.25, 0.3) is 0 Å². The molecule has 6 heteroatoms. The minimum Gasteiger partial charge on any atom is -0.391 e. The average Bonchev–Trinajstić information content (AvgIpc) is 2.86. The summed E-state index contributed by atoms with van der Waals surface area (Å²) >= 11 is 0. The van der Waals surface area contributed by atoms with Crippen LogP contribution in [0.4, 0.5) is 0 Å². The quantitative estimate of drug-likeness (QED) is 0.744. The van der Waals surface area contributed by atoms with Crippen LogP contribution in [-0.4, -0.2) is 35.9 Å². The molecule has 1 rings (SSSR count). The van der Waals surface area contributed by atoms with Crippen LogP contribution in [-0.2, 0) is 11.3 Å². The predicted molar refractivity (Wildman–Crippen MR) is 69.6 cm³/mol. The Morgan fingerprint density at radius 1 is 1.53 bits per heavy atom. The molecule has 0 aliphatic heterocycles. The van der Waals surface area contributed by atoms with Crippen molar-refractivity contribution in [3.63, 3.8) is 0 Å². The summed E-state index contributed by atoms with van der Waals surface area (Å²) in [5.74, 6) is 0.339. The van der Waals surface area contributed by atoms with Gasteiger partial charge in [-0.05, 0) is 5.92 Å². The van der Waals surface area contributed by atoms with Crippen LogP contribution < -0.4 is 5.32 Å². The highest BCUT2D eigenvalue weighted by Gasteiger charge is 2.18. The third kappa shape index (κ3) is 4.65. The topological polar surface area (TPSA) is 84.6 Å². The van der Waals surface area contributed by atoms with Crippen LogP contribution in [0.1, 0.15) is 42.9 Å². The lowest BCUT2D eigenvalue weighted by Crippen LogP contribution is -2.36. The van der Waals surface area contributed by atoms with Crippen molar-refractivity contribution in [3.8, 4) is 0 Å². The summed E-state index contributed by atoms with van der Waals surface area (Å²) in [6.07, 6.45) is 1.23. The van der Waals surface area contributed by atoms with Gasteiger partial charge in [0.25, 0.3) is 5.91 Å². The molecule has 19 heavy (non-hydrogen) atoms. The van der Waals surface area contributed by atoms with E-state index in [0.29, 0.717) is 5.76 Å². The summed E-state index contributed by atoms with van der Waals surface area (Å²) in [7, 11) is 1.54. The minimum atomic E-state index is -0.538. The second-order valence-electron chi connectivity index (χ2n) is 4.47. The van der Waals surface area contributed by atoms with Gasteiger partial charge < -0.3 is 19.7 Å². The summed E-state index contributed by atoms with van der Waals surface area (Å²) in [4.78, 5) is 11.8. The summed E-state index contributed by atoms with van der Waals surface area (Å²) in [5.41, 5.74) is 0.198. The van der Waals surface area contributed by atoms with Crippen LogP contribution in [0, 0.1) is 5.92 Å². The lowest BCUT2D eigenvalue weighted by Gasteiger charge is -2.19. The predicted octanol–water partition coefficient (Wildman–Crippen LogP) is 1.35. The number of hydrogen-bond acceptors (Lipinski definition) is 5. The van der Waals surface area contributed by atoms with E-state index < -0.39 is 6.10 Å². The molecule has 1 aromatic rings. The Morgan fingerprint density at radius 3 is 2.79 bits per heavy atom. The number of aliphatic hydroxyl groups excluding tert-OH is 1. The Kier molecular flexibility index (Phi) is 6.52. The van der Waals surface area contributed by atoms with Gasteiger partial charge in [-0.1, -0.05) is 31.8 Å². The molecule has 0 bridgehead atoms. The van der Waals surface area contributed by atoms with E-state index >= 15 is 0 Å². The average molecular weight is 270 g/mol. The Hall–Kier alpha value is -1.40. The first-order chi connectivity index (χ1) is 9.12. The summed E-state index contributed by atoms with van der Waals surface area (Å²) in [6.45, 7) is 4.54. The molecule has 1 amide bonds. The van der Waals surface area contributed by atoms with Crippen molar-refractivity contribution in [1.29, 1.82) is 0 Å². The van der Waals surface area contributed by atoms with Crippen LogP contribution in [0.3, 0.4) is 0 Å². The van der Waals surface area contributed by atoms with E-state index in [1.165, 1.54) is 13.2 Å². The zero-order valence-electron chi connectivity index (χ0n) is 11.7. The highest BCUT2D eigenvalue weighted by molar-refractivity contribution is 5.92. The molecule has 0 saturated carbocycles. The van der Waals surface area contributed by atoms with E-state index in [-0.39, 0.29) is 30.7 Å². The SMILES string of the molecule is CCC(CC)C(O)CNC(=O)c1cc(COC)on1. The maximum atomic E-state index is 11.8. The van der Waals surface area contributed by atoms with Gasteiger partial charge in [-0.3, -0.25) is 4.79 Å². The molecule has 2 N–H and O–H groups in total. The number of ether oxygens (including phenoxy) is 1. The maximum Gasteiger partial charge on any atom is 0.273 e. The van der Waals surface area contributed by atoms with Crippen LogP contribution >= 0.6 is 0 Å². The van der Waals surface area contributed by atoms with Gasteiger partial charge in [-0.25, -0.2) is 0 Å². The Bertz CT molecular complexity index is 388. The van der Waals surface area contributed by atoms with Crippen molar-refractivity contribution in [1.82, 2.24) is 10.5 Å². The van der Waals surface area contributed by atoms with Gasteiger partial charge >= 0.3 is 0 Å². The van der Waals surface area contributed by atoms with Crippen molar-refractivity contribution < 1.29 is 19.2 Å². The molecule has 0 aromatic carbocycles. The molecule has 1 unspecified atom stereocenters. The molecule has 108 valence electrons. The molecule has 0 saturated heterocycles. The minimum absolute atomic E-state index is 0.196. The van der Waals surface area contributed by atoms with E-state index in [4.69, 9.17) is 9.26 Å². The summed E-state index contributed by atoms with van der Waals surface area (Å²) in [5, 5.41) is 16.2. The second kappa shape index (κ2) is 7.91. The highest BCUT2D eigenvalue weighted by atomic mass is 16.5. The van der Waals surface area contributed by atoms with Gasteiger partial charge in [-0.2, -0.15) is 0 Å². The molecule has 1 heterocycles. The monoisotopic (exact) mass is 270 g/mol. The number of aliphatic hydroxyl groups is 1. The number of carbonyl (C=O) groups is 1. The highest BCUT2D eigenvalue weighted by Crippen LogP contribution is 2.12. The van der Waals surface area contributed by atoms with Gasteiger partial charge in [-0.15, -0.1) is 0 Å². The van der Waals surface area contributed by atoms with Crippen LogP contribution in [0.5, 0.6) is 0 Å². The molecular weight excluding hydrogens is 248 g/mol. The third-order valence-electron chi connectivity index (χ3n) is 3.14. The van der Waals surface area contributed by atoms with E-state index in [1.807, 2.05) is 13.8 Å². The van der Waals surface area contributed by atoms with Gasteiger partial charge in [0.05, 0.1) is 6.10 Å². The van der Waals surface area contributed by atoms with Gasteiger partial charge in [0.1, 0.15) is 6.61 Å². The Balaban J connectivity index is 2.45. The third-order valence-corrected chi connectivity index (χ3v) is 3.14. The molecule has 1 atom stereocenters. The molecule has 1 aromatic heterocycles. The summed E-state index contributed by atoms with van der Waals surface area (Å²) in [6, 6.07) is 1.53. The fraction of sp³-hybridized carbons (Fsp3) is 0.692. The van der Waals surface area contributed by atoms with Crippen molar-refractivity contribution in [2.24, 2.45) is 5.92 Å². The fourth-order valence-corrected chi connectivity index (χ4v) is 1.92. The first-order valence-electron chi connectivity index (χ1n) is 6.53. The van der Waals surface area contributed by atoms with E-state index in [9.17, 15) is 9.90 Å². The van der Waals surface area contributed by atoms with Crippen molar-refractivity contribution in [2.75, 3.05) is 13.7 Å². The number of aromatic nitrogens is 1. The molecule has 0 aliphatic carbocycles.